The summed E-state index contributed by atoms with van der Waals surface area (Å²) in [6, 6.07) is 6.02. The average Bonchev–Trinajstić information content (AvgIpc) is 2.85. The monoisotopic (exact) mass is 250 g/mol. The van der Waals surface area contributed by atoms with Crippen molar-refractivity contribution in [3.8, 4) is 0 Å². The van der Waals surface area contributed by atoms with Crippen LogP contribution in [0.4, 0.5) is 10.1 Å². The first-order valence-corrected chi connectivity index (χ1v) is 7.02. The molecule has 100 valence electrons. The van der Waals surface area contributed by atoms with E-state index >= 15 is 0 Å². The van der Waals surface area contributed by atoms with E-state index in [4.69, 9.17) is 0 Å². The molecule has 3 heteroatoms. The van der Waals surface area contributed by atoms with E-state index < -0.39 is 0 Å². The van der Waals surface area contributed by atoms with E-state index in [-0.39, 0.29) is 5.82 Å². The maximum atomic E-state index is 14.0. The maximum Gasteiger partial charge on any atom is 0.129 e. The van der Waals surface area contributed by atoms with Crippen LogP contribution in [-0.2, 0) is 6.54 Å². The molecule has 1 aromatic rings. The number of hydrogen-bond acceptors (Lipinski definition) is 2. The van der Waals surface area contributed by atoms with Crippen LogP contribution < -0.4 is 10.2 Å². The molecular weight excluding hydrogens is 227 g/mol. The minimum absolute atomic E-state index is 0.0878. The Morgan fingerprint density at radius 1 is 1.39 bits per heavy atom. The summed E-state index contributed by atoms with van der Waals surface area (Å²) in [6.07, 6.45) is 3.58. The Kier molecular flexibility index (Phi) is 4.59. The summed E-state index contributed by atoms with van der Waals surface area (Å²) >= 11 is 0. The fraction of sp³-hybridized carbons (Fsp3) is 0.600. The quantitative estimate of drug-likeness (QED) is 0.862. The minimum atomic E-state index is -0.0878. The molecule has 1 aliphatic rings. The van der Waals surface area contributed by atoms with Gasteiger partial charge < -0.3 is 10.2 Å². The van der Waals surface area contributed by atoms with E-state index in [9.17, 15) is 4.39 Å². The molecule has 1 N–H and O–H groups in total. The van der Waals surface area contributed by atoms with Crippen molar-refractivity contribution in [2.75, 3.05) is 18.0 Å². The molecule has 1 heterocycles. The van der Waals surface area contributed by atoms with Gasteiger partial charge in [0, 0.05) is 30.4 Å². The zero-order valence-corrected chi connectivity index (χ0v) is 11.4. The SMILES string of the molecule is CCNCc1c(F)cccc1N1CCCC1CC. The van der Waals surface area contributed by atoms with Crippen molar-refractivity contribution >= 4 is 5.69 Å². The van der Waals surface area contributed by atoms with Gasteiger partial charge in [-0.15, -0.1) is 0 Å². The fourth-order valence-electron chi connectivity index (χ4n) is 2.82. The number of nitrogens with one attached hydrogen (secondary N) is 1. The van der Waals surface area contributed by atoms with Gasteiger partial charge in [0.05, 0.1) is 0 Å². The Morgan fingerprint density at radius 3 is 2.94 bits per heavy atom. The van der Waals surface area contributed by atoms with Gasteiger partial charge in [-0.3, -0.25) is 0 Å². The third-order valence-corrected chi connectivity index (χ3v) is 3.80. The third-order valence-electron chi connectivity index (χ3n) is 3.80. The van der Waals surface area contributed by atoms with Crippen LogP contribution in [0.15, 0.2) is 18.2 Å². The Labute approximate surface area is 109 Å². The van der Waals surface area contributed by atoms with Gasteiger partial charge in [-0.25, -0.2) is 4.39 Å². The molecule has 0 saturated carbocycles. The van der Waals surface area contributed by atoms with Crippen LogP contribution in [0.1, 0.15) is 38.7 Å². The van der Waals surface area contributed by atoms with E-state index in [0.29, 0.717) is 12.6 Å². The lowest BCUT2D eigenvalue weighted by atomic mass is 10.1. The van der Waals surface area contributed by atoms with Gasteiger partial charge in [-0.1, -0.05) is 19.9 Å². The van der Waals surface area contributed by atoms with Crippen molar-refractivity contribution in [1.82, 2.24) is 5.32 Å². The molecule has 0 spiro atoms. The van der Waals surface area contributed by atoms with Gasteiger partial charge >= 0.3 is 0 Å². The van der Waals surface area contributed by atoms with Crippen LogP contribution in [0.3, 0.4) is 0 Å². The summed E-state index contributed by atoms with van der Waals surface area (Å²) in [4.78, 5) is 2.38. The molecule has 2 nitrogen and oxygen atoms in total. The van der Waals surface area contributed by atoms with Gasteiger partial charge in [0.25, 0.3) is 0 Å². The van der Waals surface area contributed by atoms with E-state index in [1.165, 1.54) is 12.8 Å². The molecular formula is C15H23FN2. The second-order valence-corrected chi connectivity index (χ2v) is 4.92. The van der Waals surface area contributed by atoms with E-state index in [2.05, 4.69) is 23.2 Å². The number of hydrogen-bond donors (Lipinski definition) is 1. The zero-order valence-electron chi connectivity index (χ0n) is 11.4. The Bertz CT molecular complexity index is 392. The highest BCUT2D eigenvalue weighted by molar-refractivity contribution is 5.55. The van der Waals surface area contributed by atoms with Gasteiger partial charge in [-0.05, 0) is 37.9 Å². The van der Waals surface area contributed by atoms with Gasteiger partial charge in [0.15, 0.2) is 0 Å². The molecule has 1 atom stereocenters. The topological polar surface area (TPSA) is 15.3 Å². The Balaban J connectivity index is 2.28. The van der Waals surface area contributed by atoms with Crippen LogP contribution in [0, 0.1) is 5.82 Å². The van der Waals surface area contributed by atoms with Crippen molar-refractivity contribution in [3.05, 3.63) is 29.6 Å². The fourth-order valence-corrected chi connectivity index (χ4v) is 2.82. The summed E-state index contributed by atoms with van der Waals surface area (Å²) in [5.41, 5.74) is 1.90. The number of halogens is 1. The van der Waals surface area contributed by atoms with Crippen molar-refractivity contribution < 1.29 is 4.39 Å². The summed E-state index contributed by atoms with van der Waals surface area (Å²) in [6.45, 7) is 6.80. The van der Waals surface area contributed by atoms with Crippen LogP contribution in [0.2, 0.25) is 0 Å². The number of benzene rings is 1. The second kappa shape index (κ2) is 6.19. The van der Waals surface area contributed by atoms with Gasteiger partial charge in [-0.2, -0.15) is 0 Å². The first-order valence-electron chi connectivity index (χ1n) is 7.02. The highest BCUT2D eigenvalue weighted by atomic mass is 19.1. The van der Waals surface area contributed by atoms with Gasteiger partial charge in [0.2, 0.25) is 0 Å². The van der Waals surface area contributed by atoms with Crippen molar-refractivity contribution in [2.24, 2.45) is 0 Å². The van der Waals surface area contributed by atoms with Crippen LogP contribution in [-0.4, -0.2) is 19.1 Å². The van der Waals surface area contributed by atoms with Crippen LogP contribution in [0.25, 0.3) is 0 Å². The third kappa shape index (κ3) is 2.66. The van der Waals surface area contributed by atoms with E-state index in [1.807, 2.05) is 13.0 Å². The van der Waals surface area contributed by atoms with Crippen molar-refractivity contribution in [2.45, 2.75) is 45.7 Å². The van der Waals surface area contributed by atoms with Crippen molar-refractivity contribution in [1.29, 1.82) is 0 Å². The molecule has 2 rings (SSSR count). The molecule has 0 amide bonds. The predicted octanol–water partition coefficient (Wildman–Crippen LogP) is 3.31. The van der Waals surface area contributed by atoms with Crippen LogP contribution >= 0.6 is 0 Å². The lowest BCUT2D eigenvalue weighted by Gasteiger charge is -2.28. The summed E-state index contributed by atoms with van der Waals surface area (Å²) in [7, 11) is 0. The number of anilines is 1. The molecule has 1 aliphatic heterocycles. The summed E-state index contributed by atoms with van der Waals surface area (Å²) in [5, 5.41) is 3.24. The van der Waals surface area contributed by atoms with Crippen molar-refractivity contribution in [3.63, 3.8) is 0 Å². The lowest BCUT2D eigenvalue weighted by molar-refractivity contribution is 0.586. The molecule has 0 radical (unpaired) electrons. The molecule has 0 aliphatic carbocycles. The normalized spacial score (nSPS) is 19.5. The summed E-state index contributed by atoms with van der Waals surface area (Å²) < 4.78 is 14.0. The molecule has 1 saturated heterocycles. The van der Waals surface area contributed by atoms with Gasteiger partial charge in [0.1, 0.15) is 5.82 Å². The largest absolute Gasteiger partial charge is 0.368 e. The van der Waals surface area contributed by atoms with Crippen LogP contribution in [0.5, 0.6) is 0 Å². The minimum Gasteiger partial charge on any atom is -0.368 e. The van der Waals surface area contributed by atoms with E-state index in [0.717, 1.165) is 30.8 Å². The zero-order chi connectivity index (χ0) is 13.0. The van der Waals surface area contributed by atoms with E-state index in [1.54, 1.807) is 6.07 Å². The standard InChI is InChI=1S/C15H23FN2/c1-3-12-7-6-10-18(12)15-9-5-8-14(16)13(15)11-17-4-2/h5,8-9,12,17H,3-4,6-7,10-11H2,1-2H3. The summed E-state index contributed by atoms with van der Waals surface area (Å²) in [5.74, 6) is -0.0878. The maximum absolute atomic E-state index is 14.0. The Hall–Kier alpha value is -1.09. The molecule has 0 aromatic heterocycles. The smallest absolute Gasteiger partial charge is 0.129 e. The molecule has 1 aromatic carbocycles. The lowest BCUT2D eigenvalue weighted by Crippen LogP contribution is -2.30. The first kappa shape index (κ1) is 13.3. The first-order chi connectivity index (χ1) is 8.77. The second-order valence-electron chi connectivity index (χ2n) is 4.92. The molecule has 0 bridgehead atoms. The molecule has 1 unspecified atom stereocenters. The average molecular weight is 250 g/mol. The number of nitrogens with zero attached hydrogens (tertiary/aromatic N) is 1. The highest BCUT2D eigenvalue weighted by Gasteiger charge is 2.25. The highest BCUT2D eigenvalue weighted by Crippen LogP contribution is 2.31. The predicted molar refractivity (Wildman–Crippen MR) is 74.4 cm³/mol. The molecule has 18 heavy (non-hydrogen) atoms. The molecule has 1 fully saturated rings. The number of rotatable bonds is 5. The Morgan fingerprint density at radius 2 is 2.22 bits per heavy atom.